The van der Waals surface area contributed by atoms with Crippen molar-refractivity contribution in [2.45, 2.75) is 127 Å². The van der Waals surface area contributed by atoms with Crippen LogP contribution in [0.5, 0.6) is 34.5 Å². The van der Waals surface area contributed by atoms with Gasteiger partial charge in [-0.3, -0.25) is 0 Å². The average Bonchev–Trinajstić information content (AvgIpc) is 3.36. The number of methoxy groups -OCH3 is 2. The molecule has 4 aromatic carbocycles. The number of ether oxygens (including phenoxy) is 8. The maximum atomic E-state index is 13.7. The largest absolute Gasteiger partial charge is 0.495 e. The summed E-state index contributed by atoms with van der Waals surface area (Å²) < 4.78 is 107. The molecule has 0 spiro atoms. The van der Waals surface area contributed by atoms with Crippen molar-refractivity contribution in [2.24, 2.45) is 0 Å². The van der Waals surface area contributed by atoms with Gasteiger partial charge in [-0.05, 0) is 140 Å². The topological polar surface area (TPSA) is 190 Å². The van der Waals surface area contributed by atoms with Crippen molar-refractivity contribution in [2.75, 3.05) is 80.0 Å². The van der Waals surface area contributed by atoms with Gasteiger partial charge in [0.25, 0.3) is 0 Å². The maximum Gasteiger partial charge on any atom is 0.244 e. The Bertz CT molecular complexity index is 2460. The van der Waals surface area contributed by atoms with E-state index in [-0.39, 0.29) is 53.1 Å². The molecule has 0 heterocycles. The number of hydrogen-bond donors (Lipinski definition) is 4. The second kappa shape index (κ2) is 29.9. The zero-order valence-corrected chi connectivity index (χ0v) is 45.9. The Kier molecular flexibility index (Phi) is 24.9. The third-order valence-electron chi connectivity index (χ3n) is 12.5. The Morgan fingerprint density at radius 3 is 1.31 bits per heavy atom. The van der Waals surface area contributed by atoms with Crippen LogP contribution in [-0.4, -0.2) is 120 Å². The molecule has 0 bridgehead atoms. The van der Waals surface area contributed by atoms with E-state index in [0.29, 0.717) is 108 Å². The highest BCUT2D eigenvalue weighted by Crippen LogP contribution is 2.30. The fourth-order valence-electron chi connectivity index (χ4n) is 7.88. The van der Waals surface area contributed by atoms with Crippen LogP contribution in [0.2, 0.25) is 0 Å². The lowest BCUT2D eigenvalue weighted by atomic mass is 9.97. The quantitative estimate of drug-likeness (QED) is 0.0317. The van der Waals surface area contributed by atoms with Crippen LogP contribution in [0.15, 0.2) is 94.7 Å². The van der Waals surface area contributed by atoms with E-state index in [9.17, 15) is 16.8 Å². The van der Waals surface area contributed by atoms with E-state index < -0.39 is 31.2 Å². The summed E-state index contributed by atoms with van der Waals surface area (Å²) >= 11 is 0. The van der Waals surface area contributed by atoms with Gasteiger partial charge in [-0.15, -0.1) is 0 Å². The van der Waals surface area contributed by atoms with Crippen molar-refractivity contribution in [1.29, 1.82) is 0 Å². The van der Waals surface area contributed by atoms with E-state index in [2.05, 4.69) is 20.1 Å². The SMILES string of the molecule is CCOc1ccccc1OCCNC(C)Cc1ccc(OC)c(S(=O)(=O)NCCOC(C)(CC)CCOC(C)(CC)CCNS(=O)(=O)c2cc(CC(C)NCCOc3ccccc3OCC)ccc2OC)c1. The molecule has 0 aromatic heterocycles. The van der Waals surface area contributed by atoms with Crippen LogP contribution in [0.25, 0.3) is 0 Å². The second-order valence-electron chi connectivity index (χ2n) is 18.1. The van der Waals surface area contributed by atoms with Crippen LogP contribution in [-0.2, 0) is 42.4 Å². The summed E-state index contributed by atoms with van der Waals surface area (Å²) in [4.78, 5) is 0.135. The molecule has 0 saturated heterocycles. The van der Waals surface area contributed by atoms with Crippen molar-refractivity contribution in [3.8, 4) is 34.5 Å². The third kappa shape index (κ3) is 19.3. The van der Waals surface area contributed by atoms with Crippen molar-refractivity contribution >= 4 is 20.0 Å². The summed E-state index contributed by atoms with van der Waals surface area (Å²) in [6, 6.07) is 25.6. The first kappa shape index (κ1) is 59.9. The molecule has 0 aliphatic heterocycles. The molecular formula is C54H82N4O12S2. The summed E-state index contributed by atoms with van der Waals surface area (Å²) in [5, 5.41) is 6.90. The van der Waals surface area contributed by atoms with E-state index >= 15 is 0 Å². The Morgan fingerprint density at radius 2 is 0.889 bits per heavy atom. The smallest absolute Gasteiger partial charge is 0.244 e. The molecule has 0 fully saturated rings. The van der Waals surface area contributed by atoms with Crippen molar-refractivity contribution in [1.82, 2.24) is 20.1 Å². The van der Waals surface area contributed by atoms with Gasteiger partial charge in [-0.25, -0.2) is 26.3 Å². The molecule has 0 saturated carbocycles. The first-order valence-electron chi connectivity index (χ1n) is 25.2. The van der Waals surface area contributed by atoms with Gasteiger partial charge >= 0.3 is 0 Å². The van der Waals surface area contributed by atoms with Crippen molar-refractivity contribution in [3.05, 3.63) is 96.1 Å². The number of para-hydroxylation sites is 4. The van der Waals surface area contributed by atoms with Gasteiger partial charge in [0.2, 0.25) is 20.0 Å². The van der Waals surface area contributed by atoms with Gasteiger partial charge in [0.15, 0.2) is 23.0 Å². The molecule has 16 nitrogen and oxygen atoms in total. The highest BCUT2D eigenvalue weighted by atomic mass is 32.2. The van der Waals surface area contributed by atoms with Gasteiger partial charge in [-0.2, -0.15) is 0 Å². The maximum absolute atomic E-state index is 13.7. The van der Waals surface area contributed by atoms with Crippen LogP contribution in [0.4, 0.5) is 0 Å². The molecule has 4 atom stereocenters. The van der Waals surface area contributed by atoms with Gasteiger partial charge in [0.05, 0.1) is 51.8 Å². The summed E-state index contributed by atoms with van der Waals surface area (Å²) in [5.74, 6) is 3.30. The number of sulfonamides is 2. The van der Waals surface area contributed by atoms with E-state index in [1.165, 1.54) is 14.2 Å². The summed E-state index contributed by atoms with van der Waals surface area (Å²) in [7, 11) is -4.97. The molecule has 4 unspecified atom stereocenters. The number of hydrogen-bond acceptors (Lipinski definition) is 14. The van der Waals surface area contributed by atoms with Crippen molar-refractivity contribution < 1.29 is 54.7 Å². The van der Waals surface area contributed by atoms with Crippen LogP contribution < -0.4 is 48.5 Å². The molecular weight excluding hydrogens is 961 g/mol. The van der Waals surface area contributed by atoms with E-state index in [4.69, 9.17) is 37.9 Å². The Hall–Kier alpha value is -4.66. The van der Waals surface area contributed by atoms with E-state index in [1.807, 2.05) is 116 Å². The molecule has 0 aliphatic carbocycles. The highest BCUT2D eigenvalue weighted by molar-refractivity contribution is 7.90. The molecule has 0 amide bonds. The molecule has 402 valence electrons. The van der Waals surface area contributed by atoms with Crippen LogP contribution >= 0.6 is 0 Å². The lowest BCUT2D eigenvalue weighted by Crippen LogP contribution is -2.38. The van der Waals surface area contributed by atoms with Crippen LogP contribution in [0.3, 0.4) is 0 Å². The lowest BCUT2D eigenvalue weighted by molar-refractivity contribution is -0.0884. The molecule has 4 aromatic rings. The standard InChI is InChI=1S/C54H82N4O12S2/c1-11-53(7,27-29-57-71(59,60)51-39-43(23-25-49(51)63-9)37-41(5)55-30-34-67-47-21-17-15-19-45(47)65-13-3)69-33-28-54(8,12-2)70-36-32-58-72(61,62)52-40-44(24-26-50(52)64-10)38-42(6)56-31-35-68-48-22-18-16-20-46(48)66-14-4/h15-26,39-42,55-58H,11-14,27-38H2,1-10H3. The first-order chi connectivity index (χ1) is 34.4. The monoisotopic (exact) mass is 1040 g/mol. The number of rotatable bonds is 37. The molecule has 4 rings (SSSR count). The fourth-order valence-corrected chi connectivity index (χ4v) is 10.4. The minimum Gasteiger partial charge on any atom is -0.495 e. The summed E-state index contributed by atoms with van der Waals surface area (Å²) in [5.41, 5.74) is 0.461. The zero-order valence-electron chi connectivity index (χ0n) is 44.3. The first-order valence-corrected chi connectivity index (χ1v) is 28.2. The van der Waals surface area contributed by atoms with Crippen LogP contribution in [0.1, 0.15) is 92.2 Å². The zero-order chi connectivity index (χ0) is 52.6. The number of nitrogens with one attached hydrogen (secondary N) is 4. The Morgan fingerprint density at radius 1 is 0.486 bits per heavy atom. The van der Waals surface area contributed by atoms with E-state index in [0.717, 1.165) is 11.1 Å². The second-order valence-corrected chi connectivity index (χ2v) is 21.6. The lowest BCUT2D eigenvalue weighted by Gasteiger charge is -2.33. The molecule has 0 radical (unpaired) electrons. The van der Waals surface area contributed by atoms with Gasteiger partial charge in [-0.1, -0.05) is 50.2 Å². The summed E-state index contributed by atoms with van der Waals surface area (Å²) in [6.45, 7) is 19.8. The minimum absolute atomic E-state index is 0.0376. The minimum atomic E-state index is -3.95. The molecule has 18 heteroatoms. The van der Waals surface area contributed by atoms with Gasteiger partial charge in [0.1, 0.15) is 34.5 Å². The molecule has 4 N–H and O–H groups in total. The average molecular weight is 1040 g/mol. The highest BCUT2D eigenvalue weighted by Gasteiger charge is 2.29. The Labute approximate surface area is 430 Å². The Balaban J connectivity index is 1.21. The third-order valence-corrected chi connectivity index (χ3v) is 15.5. The predicted molar refractivity (Wildman–Crippen MR) is 283 cm³/mol. The van der Waals surface area contributed by atoms with E-state index in [1.54, 1.807) is 24.3 Å². The fraction of sp³-hybridized carbons (Fsp3) is 0.556. The van der Waals surface area contributed by atoms with Crippen molar-refractivity contribution in [3.63, 3.8) is 0 Å². The molecule has 0 aliphatic rings. The van der Waals surface area contributed by atoms with Gasteiger partial charge in [0, 0.05) is 38.3 Å². The predicted octanol–water partition coefficient (Wildman–Crippen LogP) is 8.11. The normalized spacial score (nSPS) is 14.4. The van der Waals surface area contributed by atoms with Gasteiger partial charge < -0.3 is 48.5 Å². The summed E-state index contributed by atoms with van der Waals surface area (Å²) in [6.07, 6.45) is 3.45. The number of benzene rings is 4. The molecule has 72 heavy (non-hydrogen) atoms. The van der Waals surface area contributed by atoms with Crippen LogP contribution in [0, 0.1) is 0 Å².